The molecule has 120 valence electrons. The lowest BCUT2D eigenvalue weighted by molar-refractivity contribution is -0.631. The molecule has 0 unspecified atom stereocenters. The zero-order chi connectivity index (χ0) is 16.4. The molecule has 2 aliphatic rings. The molecule has 4 atom stereocenters. The van der Waals surface area contributed by atoms with Crippen LogP contribution >= 0.6 is 0 Å². The maximum Gasteiger partial charge on any atom is 0.0912 e. The summed E-state index contributed by atoms with van der Waals surface area (Å²) < 4.78 is 0. The molecule has 1 aromatic carbocycles. The summed E-state index contributed by atoms with van der Waals surface area (Å²) in [5.41, 5.74) is 5.60. The SMILES string of the molecule is C=C[C@H]1C[C@@H]2[C@H](c3c[nH]c4cccc(c34)C2(C)C)[C@@H]([NH2+][CH2-])C1=C. The van der Waals surface area contributed by atoms with E-state index in [9.17, 15) is 0 Å². The minimum absolute atomic E-state index is 0.141. The molecule has 2 nitrogen and oxygen atoms in total. The molecular formula is C21H26N2. The topological polar surface area (TPSA) is 32.4 Å². The van der Waals surface area contributed by atoms with Crippen LogP contribution in [-0.2, 0) is 5.41 Å². The first kappa shape index (κ1) is 14.8. The van der Waals surface area contributed by atoms with Gasteiger partial charge in [-0.3, -0.25) is 0 Å². The van der Waals surface area contributed by atoms with Crippen LogP contribution in [0.3, 0.4) is 0 Å². The predicted octanol–water partition coefficient (Wildman–Crippen LogP) is 3.64. The number of hydrogen-bond acceptors (Lipinski definition) is 0. The lowest BCUT2D eigenvalue weighted by Gasteiger charge is -2.51. The minimum atomic E-state index is 0.141. The first-order chi connectivity index (χ1) is 11.0. The largest absolute Gasteiger partial charge is 0.472 e. The number of nitrogens with two attached hydrogens (primary N) is 1. The van der Waals surface area contributed by atoms with Gasteiger partial charge in [0, 0.05) is 28.9 Å². The number of quaternary nitrogens is 1. The molecule has 0 saturated heterocycles. The molecule has 0 amide bonds. The van der Waals surface area contributed by atoms with Crippen LogP contribution in [0.4, 0.5) is 0 Å². The standard InChI is InChI=1S/C21H26N2/c1-6-13-10-16-19(20(22-5)12(13)2)14-11-23-17-9-7-8-15(18(14)17)21(16,3)4/h6-9,11,13,16,19-20,23H,1-2,5,10,22H2,3-4H3/t13-,16+,19-,20-/m0/s1. The molecule has 0 spiro atoms. The Balaban J connectivity index is 1.99. The fraction of sp³-hybridized carbons (Fsp3) is 0.381. The van der Waals surface area contributed by atoms with Gasteiger partial charge in [0.2, 0.25) is 0 Å². The molecule has 0 bridgehead atoms. The van der Waals surface area contributed by atoms with E-state index in [0.717, 1.165) is 6.42 Å². The summed E-state index contributed by atoms with van der Waals surface area (Å²) in [6.07, 6.45) is 5.43. The second kappa shape index (κ2) is 4.85. The number of aromatic nitrogens is 1. The van der Waals surface area contributed by atoms with Crippen molar-refractivity contribution in [2.45, 2.75) is 37.6 Å². The van der Waals surface area contributed by atoms with Gasteiger partial charge in [0.1, 0.15) is 0 Å². The summed E-state index contributed by atoms with van der Waals surface area (Å²) in [5, 5.41) is 3.54. The van der Waals surface area contributed by atoms with Crippen LogP contribution in [0, 0.1) is 18.9 Å². The van der Waals surface area contributed by atoms with Crippen molar-refractivity contribution in [3.8, 4) is 0 Å². The Bertz CT molecular complexity index is 795. The number of hydrogen-bond donors (Lipinski definition) is 2. The van der Waals surface area contributed by atoms with Gasteiger partial charge in [-0.05, 0) is 40.5 Å². The third kappa shape index (κ3) is 1.79. The minimum Gasteiger partial charge on any atom is -0.472 e. The molecule has 2 aliphatic carbocycles. The van der Waals surface area contributed by atoms with E-state index >= 15 is 0 Å². The van der Waals surface area contributed by atoms with Crippen molar-refractivity contribution >= 4 is 10.9 Å². The van der Waals surface area contributed by atoms with Gasteiger partial charge in [0.05, 0.1) is 6.04 Å². The summed E-state index contributed by atoms with van der Waals surface area (Å²) in [6, 6.07) is 7.00. The zero-order valence-corrected chi connectivity index (χ0v) is 14.1. The molecule has 0 radical (unpaired) electrons. The fourth-order valence-corrected chi connectivity index (χ4v) is 5.21. The first-order valence-electron chi connectivity index (χ1n) is 8.55. The van der Waals surface area contributed by atoms with E-state index in [1.807, 2.05) is 0 Å². The van der Waals surface area contributed by atoms with Crippen LogP contribution < -0.4 is 5.32 Å². The summed E-state index contributed by atoms with van der Waals surface area (Å²) >= 11 is 0. The van der Waals surface area contributed by atoms with E-state index in [2.05, 4.69) is 74.8 Å². The molecular weight excluding hydrogens is 280 g/mol. The third-order valence-corrected chi connectivity index (χ3v) is 6.49. The van der Waals surface area contributed by atoms with Crippen molar-refractivity contribution in [3.63, 3.8) is 0 Å². The summed E-state index contributed by atoms with van der Waals surface area (Å²) in [6.45, 7) is 13.3. The van der Waals surface area contributed by atoms with E-state index in [4.69, 9.17) is 0 Å². The van der Waals surface area contributed by atoms with Crippen molar-refractivity contribution in [3.05, 3.63) is 67.4 Å². The highest BCUT2D eigenvalue weighted by molar-refractivity contribution is 5.89. The average molecular weight is 306 g/mol. The van der Waals surface area contributed by atoms with Crippen LogP contribution in [0.25, 0.3) is 10.9 Å². The van der Waals surface area contributed by atoms with E-state index in [-0.39, 0.29) is 5.41 Å². The number of aromatic amines is 1. The van der Waals surface area contributed by atoms with Crippen molar-refractivity contribution in [1.82, 2.24) is 4.98 Å². The van der Waals surface area contributed by atoms with Gasteiger partial charge >= 0.3 is 0 Å². The van der Waals surface area contributed by atoms with Crippen LogP contribution in [0.1, 0.15) is 37.3 Å². The molecule has 2 heteroatoms. The Morgan fingerprint density at radius 2 is 2.17 bits per heavy atom. The van der Waals surface area contributed by atoms with Crippen molar-refractivity contribution in [2.75, 3.05) is 0 Å². The van der Waals surface area contributed by atoms with E-state index < -0.39 is 0 Å². The maximum absolute atomic E-state index is 4.41. The number of allylic oxidation sites excluding steroid dienone is 1. The molecule has 0 aliphatic heterocycles. The lowest BCUT2D eigenvalue weighted by Crippen LogP contribution is -2.87. The van der Waals surface area contributed by atoms with Gasteiger partial charge in [-0.15, -0.1) is 6.58 Å². The Kier molecular flexibility index (Phi) is 3.11. The second-order valence-corrected chi connectivity index (χ2v) is 7.74. The lowest BCUT2D eigenvalue weighted by atomic mass is 9.53. The van der Waals surface area contributed by atoms with Crippen molar-refractivity contribution in [2.24, 2.45) is 11.8 Å². The monoisotopic (exact) mass is 306 g/mol. The van der Waals surface area contributed by atoms with Crippen LogP contribution in [0.15, 0.2) is 49.2 Å². The molecule has 4 rings (SSSR count). The Morgan fingerprint density at radius 3 is 2.87 bits per heavy atom. The van der Waals surface area contributed by atoms with Crippen LogP contribution in [0.2, 0.25) is 0 Å². The van der Waals surface area contributed by atoms with Gasteiger partial charge < -0.3 is 10.3 Å². The second-order valence-electron chi connectivity index (χ2n) is 7.74. The highest BCUT2D eigenvalue weighted by Crippen LogP contribution is 2.56. The summed E-state index contributed by atoms with van der Waals surface area (Å²) in [5.74, 6) is 1.43. The molecule has 23 heavy (non-hydrogen) atoms. The van der Waals surface area contributed by atoms with Gasteiger partial charge in [-0.2, -0.15) is 7.05 Å². The van der Waals surface area contributed by atoms with Crippen LogP contribution in [-0.4, -0.2) is 11.0 Å². The van der Waals surface area contributed by atoms with Gasteiger partial charge in [-0.25, -0.2) is 0 Å². The van der Waals surface area contributed by atoms with Crippen molar-refractivity contribution in [1.29, 1.82) is 0 Å². The quantitative estimate of drug-likeness (QED) is 0.627. The average Bonchev–Trinajstić information content (AvgIpc) is 2.97. The molecule has 1 aromatic heterocycles. The number of nitrogens with one attached hydrogen (secondary N) is 1. The Morgan fingerprint density at radius 1 is 1.39 bits per heavy atom. The normalized spacial score (nSPS) is 31.9. The van der Waals surface area contributed by atoms with Gasteiger partial charge in [0.15, 0.2) is 0 Å². The molecule has 1 fully saturated rings. The van der Waals surface area contributed by atoms with Gasteiger partial charge in [0.25, 0.3) is 0 Å². The third-order valence-electron chi connectivity index (χ3n) is 6.49. The molecule has 3 N–H and O–H groups in total. The highest BCUT2D eigenvalue weighted by atomic mass is 14.9. The van der Waals surface area contributed by atoms with E-state index in [1.54, 1.807) is 0 Å². The predicted molar refractivity (Wildman–Crippen MR) is 96.1 cm³/mol. The molecule has 1 saturated carbocycles. The summed E-state index contributed by atoms with van der Waals surface area (Å²) in [4.78, 5) is 3.49. The Labute approximate surface area is 138 Å². The summed E-state index contributed by atoms with van der Waals surface area (Å²) in [7, 11) is 4.14. The van der Waals surface area contributed by atoms with Gasteiger partial charge in [-0.1, -0.05) is 38.6 Å². The smallest absolute Gasteiger partial charge is 0.0912 e. The number of fused-ring (bicyclic) bond motifs is 2. The van der Waals surface area contributed by atoms with Crippen molar-refractivity contribution < 1.29 is 5.32 Å². The van der Waals surface area contributed by atoms with Crippen LogP contribution in [0.5, 0.6) is 0 Å². The number of H-pyrrole nitrogens is 1. The first-order valence-corrected chi connectivity index (χ1v) is 8.55. The number of rotatable bonds is 2. The fourth-order valence-electron chi connectivity index (χ4n) is 5.21. The van der Waals surface area contributed by atoms with E-state index in [1.165, 1.54) is 27.6 Å². The zero-order valence-electron chi connectivity index (χ0n) is 14.1. The number of benzene rings is 1. The Hall–Kier alpha value is -1.80. The maximum atomic E-state index is 4.41. The highest BCUT2D eigenvalue weighted by Gasteiger charge is 2.51. The molecule has 2 aromatic rings. The van der Waals surface area contributed by atoms with E-state index in [0.29, 0.717) is 23.8 Å². The molecule has 1 heterocycles.